The minimum atomic E-state index is -0.276. The van der Waals surface area contributed by atoms with Crippen LogP contribution in [0.1, 0.15) is 0 Å². The molecule has 7 heteroatoms. The largest absolute Gasteiger partial charge is 0.346 e. The summed E-state index contributed by atoms with van der Waals surface area (Å²) in [4.78, 5) is 24.5. The van der Waals surface area contributed by atoms with Crippen LogP contribution in [0.4, 0.5) is 5.69 Å². The smallest absolute Gasteiger partial charge is 0.243 e. The van der Waals surface area contributed by atoms with E-state index in [0.717, 1.165) is 9.37 Å². The number of para-hydroxylation sites is 1. The van der Waals surface area contributed by atoms with E-state index in [1.54, 1.807) is 18.2 Å². The predicted octanol–water partition coefficient (Wildman–Crippen LogP) is 3.95. The molecule has 0 radical (unpaired) electrons. The Balaban J connectivity index is 1.72. The molecule has 2 N–H and O–H groups in total. The fourth-order valence-corrected chi connectivity index (χ4v) is 2.90. The summed E-state index contributed by atoms with van der Waals surface area (Å²) in [7, 11) is 0. The summed E-state index contributed by atoms with van der Waals surface area (Å²) in [6.45, 7) is -0.0681. The molecule has 0 aromatic heterocycles. The lowest BCUT2D eigenvalue weighted by atomic mass is 10.3. The number of carbonyl (C=O) groups is 2. The second kappa shape index (κ2) is 8.96. The molecule has 0 spiro atoms. The lowest BCUT2D eigenvalue weighted by Crippen LogP contribution is -2.33. The highest BCUT2D eigenvalue weighted by Gasteiger charge is 2.08. The van der Waals surface area contributed by atoms with Crippen LogP contribution in [0.25, 0.3) is 0 Å². The van der Waals surface area contributed by atoms with Crippen LogP contribution in [0.2, 0.25) is 5.02 Å². The number of hydrogen-bond acceptors (Lipinski definition) is 3. The first-order chi connectivity index (χ1) is 11.0. The van der Waals surface area contributed by atoms with Crippen LogP contribution in [-0.2, 0) is 9.59 Å². The van der Waals surface area contributed by atoms with E-state index < -0.39 is 0 Å². The van der Waals surface area contributed by atoms with Crippen molar-refractivity contribution in [2.75, 3.05) is 17.6 Å². The van der Waals surface area contributed by atoms with Crippen molar-refractivity contribution >= 4 is 56.8 Å². The van der Waals surface area contributed by atoms with E-state index >= 15 is 0 Å². The third kappa shape index (κ3) is 6.25. The lowest BCUT2D eigenvalue weighted by Gasteiger charge is -2.08. The molecule has 120 valence electrons. The minimum absolute atomic E-state index is 0.0681. The normalized spacial score (nSPS) is 10.2. The SMILES string of the molecule is O=C(CSc1ccc(Cl)cc1)NCC(=O)Nc1ccccc1Br. The van der Waals surface area contributed by atoms with Gasteiger partial charge in [0.05, 0.1) is 18.0 Å². The van der Waals surface area contributed by atoms with Gasteiger partial charge in [-0.05, 0) is 52.3 Å². The molecule has 2 rings (SSSR count). The highest BCUT2D eigenvalue weighted by Crippen LogP contribution is 2.21. The van der Waals surface area contributed by atoms with Crippen LogP contribution in [0.5, 0.6) is 0 Å². The van der Waals surface area contributed by atoms with E-state index in [2.05, 4.69) is 26.6 Å². The molecule has 23 heavy (non-hydrogen) atoms. The molecule has 0 bridgehead atoms. The molecule has 0 aliphatic carbocycles. The van der Waals surface area contributed by atoms with Gasteiger partial charge in [-0.3, -0.25) is 9.59 Å². The van der Waals surface area contributed by atoms with Gasteiger partial charge in [0, 0.05) is 14.4 Å². The zero-order valence-electron chi connectivity index (χ0n) is 12.0. The van der Waals surface area contributed by atoms with Crippen molar-refractivity contribution in [1.29, 1.82) is 0 Å². The number of anilines is 1. The summed E-state index contributed by atoms with van der Waals surface area (Å²) >= 11 is 10.5. The maximum atomic E-state index is 11.8. The molecule has 2 aromatic rings. The quantitative estimate of drug-likeness (QED) is 0.705. The van der Waals surface area contributed by atoms with Crippen molar-refractivity contribution in [2.45, 2.75) is 4.90 Å². The van der Waals surface area contributed by atoms with Gasteiger partial charge in [-0.2, -0.15) is 0 Å². The molecule has 2 aromatic carbocycles. The number of benzene rings is 2. The monoisotopic (exact) mass is 412 g/mol. The Morgan fingerprint density at radius 2 is 1.74 bits per heavy atom. The van der Waals surface area contributed by atoms with Gasteiger partial charge in [0.1, 0.15) is 0 Å². The molecule has 2 amide bonds. The van der Waals surface area contributed by atoms with E-state index in [1.807, 2.05) is 30.3 Å². The van der Waals surface area contributed by atoms with Gasteiger partial charge in [0.2, 0.25) is 11.8 Å². The Bertz CT molecular complexity index is 695. The summed E-state index contributed by atoms with van der Waals surface area (Å²) in [5, 5.41) is 5.97. The van der Waals surface area contributed by atoms with E-state index in [-0.39, 0.29) is 24.1 Å². The van der Waals surface area contributed by atoms with Gasteiger partial charge in [-0.1, -0.05) is 23.7 Å². The van der Waals surface area contributed by atoms with Crippen molar-refractivity contribution in [3.05, 3.63) is 58.0 Å². The summed E-state index contributed by atoms with van der Waals surface area (Å²) < 4.78 is 0.790. The molecule has 4 nitrogen and oxygen atoms in total. The van der Waals surface area contributed by atoms with Gasteiger partial charge >= 0.3 is 0 Å². The van der Waals surface area contributed by atoms with E-state index in [4.69, 9.17) is 11.6 Å². The van der Waals surface area contributed by atoms with Gasteiger partial charge in [-0.15, -0.1) is 11.8 Å². The highest BCUT2D eigenvalue weighted by molar-refractivity contribution is 9.10. The number of hydrogen-bond donors (Lipinski definition) is 2. The van der Waals surface area contributed by atoms with Crippen molar-refractivity contribution in [2.24, 2.45) is 0 Å². The molecular weight excluding hydrogens is 400 g/mol. The number of rotatable bonds is 6. The van der Waals surface area contributed by atoms with Crippen molar-refractivity contribution in [1.82, 2.24) is 5.32 Å². The van der Waals surface area contributed by atoms with Crippen LogP contribution in [0.15, 0.2) is 57.9 Å². The average Bonchev–Trinajstić information content (AvgIpc) is 2.54. The van der Waals surface area contributed by atoms with Gasteiger partial charge in [-0.25, -0.2) is 0 Å². The van der Waals surface area contributed by atoms with Crippen molar-refractivity contribution in [3.63, 3.8) is 0 Å². The predicted molar refractivity (Wildman–Crippen MR) is 98.0 cm³/mol. The Labute approximate surface area is 152 Å². The lowest BCUT2D eigenvalue weighted by molar-refractivity contribution is -0.122. The van der Waals surface area contributed by atoms with Crippen LogP contribution < -0.4 is 10.6 Å². The number of halogens is 2. The number of carbonyl (C=O) groups excluding carboxylic acids is 2. The number of amides is 2. The second-order valence-electron chi connectivity index (χ2n) is 4.55. The first kappa shape index (κ1) is 17.8. The molecule has 0 aliphatic heterocycles. The first-order valence-corrected chi connectivity index (χ1v) is 8.89. The van der Waals surface area contributed by atoms with E-state index in [9.17, 15) is 9.59 Å². The van der Waals surface area contributed by atoms with Crippen LogP contribution >= 0.6 is 39.3 Å². The molecule has 0 saturated carbocycles. The Kier molecular flexibility index (Phi) is 6.95. The third-order valence-electron chi connectivity index (χ3n) is 2.78. The summed E-state index contributed by atoms with van der Waals surface area (Å²) in [5.74, 6) is -0.238. The molecular formula is C16H14BrClN2O2S. The average molecular weight is 414 g/mol. The topological polar surface area (TPSA) is 58.2 Å². The van der Waals surface area contributed by atoms with Crippen LogP contribution in [0.3, 0.4) is 0 Å². The second-order valence-corrected chi connectivity index (χ2v) is 6.89. The van der Waals surface area contributed by atoms with Gasteiger partial charge < -0.3 is 10.6 Å². The number of thioether (sulfide) groups is 1. The fraction of sp³-hybridized carbons (Fsp3) is 0.125. The van der Waals surface area contributed by atoms with Crippen LogP contribution in [0, 0.1) is 0 Å². The summed E-state index contributed by atoms with van der Waals surface area (Å²) in [5.41, 5.74) is 0.669. The molecule has 0 heterocycles. The molecule has 0 fully saturated rings. The maximum Gasteiger partial charge on any atom is 0.243 e. The standard InChI is InChI=1S/C16H14BrClN2O2S/c17-13-3-1-2-4-14(13)20-15(21)9-19-16(22)10-23-12-7-5-11(18)6-8-12/h1-8H,9-10H2,(H,19,22)(H,20,21). The minimum Gasteiger partial charge on any atom is -0.346 e. The van der Waals surface area contributed by atoms with E-state index in [1.165, 1.54) is 11.8 Å². The van der Waals surface area contributed by atoms with E-state index in [0.29, 0.717) is 10.7 Å². The zero-order chi connectivity index (χ0) is 16.7. The zero-order valence-corrected chi connectivity index (χ0v) is 15.2. The molecule has 0 atom stereocenters. The van der Waals surface area contributed by atoms with Crippen molar-refractivity contribution in [3.8, 4) is 0 Å². The Morgan fingerprint density at radius 1 is 1.04 bits per heavy atom. The summed E-state index contributed by atoms with van der Waals surface area (Å²) in [6, 6.07) is 14.5. The Hall–Kier alpha value is -1.50. The first-order valence-electron chi connectivity index (χ1n) is 6.74. The third-order valence-corrected chi connectivity index (χ3v) is 4.73. The maximum absolute atomic E-state index is 11.8. The van der Waals surface area contributed by atoms with Gasteiger partial charge in [0.15, 0.2) is 0 Å². The molecule has 0 aliphatic rings. The molecule has 0 saturated heterocycles. The summed E-state index contributed by atoms with van der Waals surface area (Å²) in [6.07, 6.45) is 0. The Morgan fingerprint density at radius 3 is 2.43 bits per heavy atom. The molecule has 0 unspecified atom stereocenters. The highest BCUT2D eigenvalue weighted by atomic mass is 79.9. The van der Waals surface area contributed by atoms with Gasteiger partial charge in [0.25, 0.3) is 0 Å². The van der Waals surface area contributed by atoms with Crippen molar-refractivity contribution < 1.29 is 9.59 Å². The fourth-order valence-electron chi connectivity index (χ4n) is 1.67. The number of nitrogens with one attached hydrogen (secondary N) is 2. The van der Waals surface area contributed by atoms with Crippen LogP contribution in [-0.4, -0.2) is 24.1 Å².